The number of hydrogen-bond donors (Lipinski definition) is 0. The van der Waals surface area contributed by atoms with Crippen molar-refractivity contribution in [3.05, 3.63) is 107 Å². The minimum atomic E-state index is -0.231. The normalized spacial score (nSPS) is 26.0. The Bertz CT molecular complexity index is 1050. The first-order valence-corrected chi connectivity index (χ1v) is 10.1. The van der Waals surface area contributed by atoms with Crippen molar-refractivity contribution in [1.29, 1.82) is 0 Å². The second-order valence-corrected chi connectivity index (χ2v) is 8.01. The number of fused-ring (bicyclic) bond motifs is 8. The molecule has 0 saturated carbocycles. The molecule has 0 N–H and O–H groups in total. The highest BCUT2D eigenvalue weighted by Crippen LogP contribution is 2.72. The van der Waals surface area contributed by atoms with Crippen molar-refractivity contribution in [1.82, 2.24) is 4.90 Å². The molecule has 1 aliphatic carbocycles. The predicted octanol–water partition coefficient (Wildman–Crippen LogP) is 5.72. The lowest BCUT2D eigenvalue weighted by molar-refractivity contribution is 0.108. The molecule has 0 spiro atoms. The summed E-state index contributed by atoms with van der Waals surface area (Å²) >= 11 is 0. The molecule has 1 saturated heterocycles. The Morgan fingerprint density at radius 3 is 1.52 bits per heavy atom. The average molecular weight is 379 g/mol. The molecule has 1 amide bonds. The molecule has 3 nitrogen and oxygen atoms in total. The van der Waals surface area contributed by atoms with E-state index in [0.29, 0.717) is 11.8 Å². The molecule has 29 heavy (non-hydrogen) atoms. The zero-order valence-electron chi connectivity index (χ0n) is 16.2. The number of methoxy groups -OCH3 is 1. The van der Waals surface area contributed by atoms with Crippen LogP contribution in [0.15, 0.2) is 84.9 Å². The van der Waals surface area contributed by atoms with Crippen molar-refractivity contribution in [2.75, 3.05) is 7.11 Å². The largest absolute Gasteiger partial charge is 0.453 e. The molecule has 0 radical (unpaired) electrons. The van der Waals surface area contributed by atoms with Gasteiger partial charge in [-0.05, 0) is 33.4 Å². The highest BCUT2D eigenvalue weighted by Gasteiger charge is 2.65. The van der Waals surface area contributed by atoms with Crippen molar-refractivity contribution in [2.45, 2.75) is 12.1 Å². The number of hydrogen-bond acceptors (Lipinski definition) is 2. The lowest BCUT2D eigenvalue weighted by atomic mass is 9.57. The molecule has 0 unspecified atom stereocenters. The van der Waals surface area contributed by atoms with Crippen LogP contribution in [0.4, 0.5) is 4.79 Å². The molecule has 4 atom stereocenters. The average Bonchev–Trinajstić information content (AvgIpc) is 3.23. The second kappa shape index (κ2) is 6.08. The highest BCUT2D eigenvalue weighted by atomic mass is 16.5. The van der Waals surface area contributed by atoms with E-state index in [-0.39, 0.29) is 18.2 Å². The standard InChI is InChI=1S/C26H21NO2/c1-29-26(28)27-24-18-14-8-9-15-19(18)25(27)23-21(17-12-6-3-7-13-17)20(22(23)24)16-10-4-2-5-11-16/h2-15,22-25H,1H3/t22-,23+,24+,25-. The van der Waals surface area contributed by atoms with Crippen molar-refractivity contribution in [3.63, 3.8) is 0 Å². The fourth-order valence-corrected chi connectivity index (χ4v) is 5.85. The van der Waals surface area contributed by atoms with Gasteiger partial charge in [0, 0.05) is 11.8 Å². The van der Waals surface area contributed by atoms with E-state index < -0.39 is 0 Å². The van der Waals surface area contributed by atoms with Gasteiger partial charge in [-0.15, -0.1) is 0 Å². The Labute approximate surface area is 170 Å². The molecule has 2 bridgehead atoms. The van der Waals surface area contributed by atoms with Gasteiger partial charge in [0.25, 0.3) is 0 Å². The summed E-state index contributed by atoms with van der Waals surface area (Å²) in [5.41, 5.74) is 7.79. The topological polar surface area (TPSA) is 29.5 Å². The first-order valence-electron chi connectivity index (χ1n) is 10.1. The summed E-state index contributed by atoms with van der Waals surface area (Å²) in [6.45, 7) is 0. The fraction of sp³-hybridized carbons (Fsp3) is 0.192. The number of ether oxygens (including phenoxy) is 1. The summed E-state index contributed by atoms with van der Waals surface area (Å²) in [4.78, 5) is 14.8. The molecular weight excluding hydrogens is 358 g/mol. The zero-order chi connectivity index (χ0) is 19.5. The van der Waals surface area contributed by atoms with Gasteiger partial charge in [-0.1, -0.05) is 84.9 Å². The maximum Gasteiger partial charge on any atom is 0.410 e. The molecule has 6 rings (SSSR count). The SMILES string of the molecule is COC(=O)N1[C@@H]2c3ccccc3[C@H]1[C@@H]1C(c3ccccc3)=C(c3ccccc3)[C@@H]12. The first kappa shape index (κ1) is 16.6. The van der Waals surface area contributed by atoms with Gasteiger partial charge in [0.15, 0.2) is 0 Å². The predicted molar refractivity (Wildman–Crippen MR) is 113 cm³/mol. The van der Waals surface area contributed by atoms with Crippen molar-refractivity contribution >= 4 is 17.2 Å². The fourth-order valence-electron chi connectivity index (χ4n) is 5.85. The van der Waals surface area contributed by atoms with Crippen molar-refractivity contribution < 1.29 is 9.53 Å². The van der Waals surface area contributed by atoms with E-state index in [4.69, 9.17) is 4.74 Å². The number of rotatable bonds is 2. The van der Waals surface area contributed by atoms with Crippen LogP contribution in [0.25, 0.3) is 11.1 Å². The van der Waals surface area contributed by atoms with Crippen LogP contribution in [-0.2, 0) is 4.74 Å². The van der Waals surface area contributed by atoms with Crippen LogP contribution in [0.5, 0.6) is 0 Å². The number of carbonyl (C=O) groups is 1. The number of nitrogens with zero attached hydrogens (tertiary/aromatic N) is 1. The van der Waals surface area contributed by atoms with E-state index >= 15 is 0 Å². The van der Waals surface area contributed by atoms with E-state index in [2.05, 4.69) is 84.9 Å². The van der Waals surface area contributed by atoms with Gasteiger partial charge >= 0.3 is 6.09 Å². The summed E-state index contributed by atoms with van der Waals surface area (Å²) in [5.74, 6) is 0.596. The van der Waals surface area contributed by atoms with Crippen LogP contribution in [0, 0.1) is 11.8 Å². The zero-order valence-corrected chi connectivity index (χ0v) is 16.2. The molecule has 3 aromatic rings. The molecule has 142 valence electrons. The van der Waals surface area contributed by atoms with Gasteiger partial charge in [0.05, 0.1) is 19.2 Å². The van der Waals surface area contributed by atoms with Crippen molar-refractivity contribution in [2.24, 2.45) is 11.8 Å². The molecule has 3 aromatic carbocycles. The molecule has 2 heterocycles. The third-order valence-corrected chi connectivity index (χ3v) is 6.81. The lowest BCUT2D eigenvalue weighted by Crippen LogP contribution is -2.33. The third-order valence-electron chi connectivity index (χ3n) is 6.81. The van der Waals surface area contributed by atoms with Gasteiger partial charge < -0.3 is 4.74 Å². The van der Waals surface area contributed by atoms with E-state index in [1.54, 1.807) is 0 Å². The molecule has 2 aliphatic heterocycles. The van der Waals surface area contributed by atoms with E-state index in [1.807, 2.05) is 4.90 Å². The van der Waals surface area contributed by atoms with Crippen LogP contribution >= 0.6 is 0 Å². The smallest absolute Gasteiger partial charge is 0.410 e. The minimum absolute atomic E-state index is 0.0383. The van der Waals surface area contributed by atoms with Crippen LogP contribution < -0.4 is 0 Å². The summed E-state index contributed by atoms with van der Waals surface area (Å²) in [6, 6.07) is 29.8. The molecular formula is C26H21NO2. The third kappa shape index (κ3) is 2.10. The van der Waals surface area contributed by atoms with Crippen LogP contribution in [0.1, 0.15) is 34.3 Å². The number of amides is 1. The summed E-state index contributed by atoms with van der Waals surface area (Å²) < 4.78 is 5.22. The Morgan fingerprint density at radius 2 is 1.10 bits per heavy atom. The van der Waals surface area contributed by atoms with E-state index in [0.717, 1.165) is 0 Å². The summed E-state index contributed by atoms with van der Waals surface area (Å²) in [7, 11) is 1.48. The quantitative estimate of drug-likeness (QED) is 0.570. The molecule has 0 aromatic heterocycles. The second-order valence-electron chi connectivity index (χ2n) is 8.01. The van der Waals surface area contributed by atoms with E-state index in [9.17, 15) is 4.79 Å². The number of benzene rings is 3. The van der Waals surface area contributed by atoms with Crippen molar-refractivity contribution in [3.8, 4) is 0 Å². The summed E-state index contributed by atoms with van der Waals surface area (Å²) in [5, 5.41) is 0. The van der Waals surface area contributed by atoms with Gasteiger partial charge in [0.2, 0.25) is 0 Å². The number of carbonyl (C=O) groups excluding carboxylic acids is 1. The Morgan fingerprint density at radius 1 is 0.690 bits per heavy atom. The monoisotopic (exact) mass is 379 g/mol. The Kier molecular flexibility index (Phi) is 3.48. The molecule has 3 aliphatic rings. The van der Waals surface area contributed by atoms with Gasteiger partial charge in [-0.25, -0.2) is 4.79 Å². The lowest BCUT2D eigenvalue weighted by Gasteiger charge is -2.44. The van der Waals surface area contributed by atoms with E-state index in [1.165, 1.54) is 40.5 Å². The Hall–Kier alpha value is -3.33. The van der Waals surface area contributed by atoms with Gasteiger partial charge in [0.1, 0.15) is 0 Å². The van der Waals surface area contributed by atoms with Crippen LogP contribution in [0.2, 0.25) is 0 Å². The molecule has 3 heteroatoms. The maximum absolute atomic E-state index is 12.8. The van der Waals surface area contributed by atoms with Crippen LogP contribution in [0.3, 0.4) is 0 Å². The Balaban J connectivity index is 1.58. The van der Waals surface area contributed by atoms with Gasteiger partial charge in [-0.2, -0.15) is 0 Å². The highest BCUT2D eigenvalue weighted by molar-refractivity contribution is 6.02. The summed E-state index contributed by atoms with van der Waals surface area (Å²) in [6.07, 6.45) is -0.231. The van der Waals surface area contributed by atoms with Gasteiger partial charge in [-0.3, -0.25) is 4.90 Å². The minimum Gasteiger partial charge on any atom is -0.453 e. The maximum atomic E-state index is 12.8. The first-order chi connectivity index (χ1) is 14.3. The van der Waals surface area contributed by atoms with Crippen LogP contribution in [-0.4, -0.2) is 18.1 Å². The molecule has 1 fully saturated rings.